The molecule has 0 spiro atoms. The quantitative estimate of drug-likeness (QED) is 0.609. The number of nitrogens with two attached hydrogens (primary N) is 1. The number of nitrogens with one attached hydrogen (secondary N) is 1. The predicted octanol–water partition coefficient (Wildman–Crippen LogP) is 2.49. The first-order chi connectivity index (χ1) is 6.99. The summed E-state index contributed by atoms with van der Waals surface area (Å²) in [5, 5.41) is 3.56. The predicted molar refractivity (Wildman–Crippen MR) is 68.9 cm³/mol. The molecule has 0 aliphatic heterocycles. The van der Waals surface area contributed by atoms with Gasteiger partial charge in [0, 0.05) is 0 Å². The summed E-state index contributed by atoms with van der Waals surface area (Å²) >= 11 is 0. The SMILES string of the molecule is CC(CN)CCNCC(C(C)C)C(C)C. The molecule has 0 aromatic rings. The second-order valence-corrected chi connectivity index (χ2v) is 5.49. The lowest BCUT2D eigenvalue weighted by atomic mass is 9.85. The minimum absolute atomic E-state index is 0.647. The van der Waals surface area contributed by atoms with Crippen LogP contribution in [0.15, 0.2) is 0 Å². The molecule has 2 heteroatoms. The molecule has 0 aliphatic rings. The lowest BCUT2D eigenvalue weighted by Gasteiger charge is -2.25. The van der Waals surface area contributed by atoms with Crippen LogP contribution in [-0.2, 0) is 0 Å². The third-order valence-corrected chi connectivity index (χ3v) is 3.31. The van der Waals surface area contributed by atoms with Gasteiger partial charge < -0.3 is 11.1 Å². The molecule has 0 aliphatic carbocycles. The van der Waals surface area contributed by atoms with E-state index in [2.05, 4.69) is 39.9 Å². The Bertz CT molecular complexity index is 135. The molecule has 92 valence electrons. The molecule has 0 rings (SSSR count). The highest BCUT2D eigenvalue weighted by molar-refractivity contribution is 4.69. The van der Waals surface area contributed by atoms with Crippen LogP contribution in [0.1, 0.15) is 41.0 Å². The lowest BCUT2D eigenvalue weighted by Crippen LogP contribution is -2.31. The van der Waals surface area contributed by atoms with Crippen molar-refractivity contribution in [2.45, 2.75) is 41.0 Å². The molecular formula is C13H30N2. The van der Waals surface area contributed by atoms with E-state index >= 15 is 0 Å². The summed E-state index contributed by atoms with van der Waals surface area (Å²) in [6.45, 7) is 14.5. The first kappa shape index (κ1) is 14.9. The topological polar surface area (TPSA) is 38.0 Å². The third kappa shape index (κ3) is 6.91. The van der Waals surface area contributed by atoms with Gasteiger partial charge in [-0.1, -0.05) is 34.6 Å². The van der Waals surface area contributed by atoms with Crippen molar-refractivity contribution in [2.75, 3.05) is 19.6 Å². The summed E-state index contributed by atoms with van der Waals surface area (Å²) < 4.78 is 0. The molecule has 15 heavy (non-hydrogen) atoms. The Morgan fingerprint density at radius 1 is 1.00 bits per heavy atom. The molecule has 0 saturated carbocycles. The van der Waals surface area contributed by atoms with Crippen LogP contribution in [0.5, 0.6) is 0 Å². The Balaban J connectivity index is 3.63. The zero-order valence-corrected chi connectivity index (χ0v) is 11.2. The number of rotatable bonds is 8. The van der Waals surface area contributed by atoms with Crippen LogP contribution in [0.2, 0.25) is 0 Å². The zero-order valence-electron chi connectivity index (χ0n) is 11.2. The smallest absolute Gasteiger partial charge is 0.00156 e. The van der Waals surface area contributed by atoms with Gasteiger partial charge in [-0.15, -0.1) is 0 Å². The molecule has 0 fully saturated rings. The van der Waals surface area contributed by atoms with Gasteiger partial charge >= 0.3 is 0 Å². The van der Waals surface area contributed by atoms with Crippen molar-refractivity contribution in [3.05, 3.63) is 0 Å². The van der Waals surface area contributed by atoms with E-state index in [0.717, 1.165) is 37.4 Å². The van der Waals surface area contributed by atoms with Crippen LogP contribution >= 0.6 is 0 Å². The van der Waals surface area contributed by atoms with Crippen molar-refractivity contribution in [3.8, 4) is 0 Å². The van der Waals surface area contributed by atoms with E-state index in [1.165, 1.54) is 6.42 Å². The molecule has 1 atom stereocenters. The average Bonchev–Trinajstić information content (AvgIpc) is 2.15. The van der Waals surface area contributed by atoms with Gasteiger partial charge in [-0.2, -0.15) is 0 Å². The maximum absolute atomic E-state index is 5.58. The maximum atomic E-state index is 5.58. The van der Waals surface area contributed by atoms with E-state index in [1.807, 2.05) is 0 Å². The van der Waals surface area contributed by atoms with Crippen LogP contribution in [0, 0.1) is 23.7 Å². The molecule has 0 aromatic heterocycles. The first-order valence-electron chi connectivity index (χ1n) is 6.39. The van der Waals surface area contributed by atoms with Crippen LogP contribution in [-0.4, -0.2) is 19.6 Å². The highest BCUT2D eigenvalue weighted by atomic mass is 14.9. The van der Waals surface area contributed by atoms with Crippen molar-refractivity contribution in [1.82, 2.24) is 5.32 Å². The van der Waals surface area contributed by atoms with Crippen molar-refractivity contribution < 1.29 is 0 Å². The maximum Gasteiger partial charge on any atom is -0.00156 e. The summed E-state index contributed by atoms with van der Waals surface area (Å²) in [7, 11) is 0. The summed E-state index contributed by atoms with van der Waals surface area (Å²) in [5.41, 5.74) is 5.58. The Labute approximate surface area is 96.0 Å². The molecular weight excluding hydrogens is 184 g/mol. The van der Waals surface area contributed by atoms with E-state index in [4.69, 9.17) is 5.73 Å². The zero-order chi connectivity index (χ0) is 11.8. The van der Waals surface area contributed by atoms with E-state index in [9.17, 15) is 0 Å². The van der Waals surface area contributed by atoms with Crippen molar-refractivity contribution >= 4 is 0 Å². The molecule has 0 heterocycles. The van der Waals surface area contributed by atoms with Crippen LogP contribution in [0.25, 0.3) is 0 Å². The summed E-state index contributed by atoms with van der Waals surface area (Å²) in [6, 6.07) is 0. The fourth-order valence-electron chi connectivity index (χ4n) is 1.98. The Morgan fingerprint density at radius 2 is 1.53 bits per heavy atom. The summed E-state index contributed by atoms with van der Waals surface area (Å²) in [4.78, 5) is 0. The number of hydrogen-bond donors (Lipinski definition) is 2. The van der Waals surface area contributed by atoms with Crippen LogP contribution in [0.4, 0.5) is 0 Å². The molecule has 0 radical (unpaired) electrons. The van der Waals surface area contributed by atoms with E-state index < -0.39 is 0 Å². The fourth-order valence-corrected chi connectivity index (χ4v) is 1.98. The van der Waals surface area contributed by atoms with Gasteiger partial charge in [-0.3, -0.25) is 0 Å². The highest BCUT2D eigenvalue weighted by Gasteiger charge is 2.16. The van der Waals surface area contributed by atoms with E-state index in [1.54, 1.807) is 0 Å². The summed E-state index contributed by atoms with van der Waals surface area (Å²) in [5.74, 6) is 2.97. The van der Waals surface area contributed by atoms with E-state index in [-0.39, 0.29) is 0 Å². The van der Waals surface area contributed by atoms with Gasteiger partial charge in [0.25, 0.3) is 0 Å². The molecule has 3 N–H and O–H groups in total. The van der Waals surface area contributed by atoms with Crippen molar-refractivity contribution in [2.24, 2.45) is 29.4 Å². The van der Waals surface area contributed by atoms with Gasteiger partial charge in [0.1, 0.15) is 0 Å². The van der Waals surface area contributed by atoms with Gasteiger partial charge in [0.05, 0.1) is 0 Å². The first-order valence-corrected chi connectivity index (χ1v) is 6.39. The molecule has 0 saturated heterocycles. The molecule has 1 unspecified atom stereocenters. The Morgan fingerprint density at radius 3 is 1.93 bits per heavy atom. The number of hydrogen-bond acceptors (Lipinski definition) is 2. The minimum atomic E-state index is 0.647. The largest absolute Gasteiger partial charge is 0.330 e. The Kier molecular flexibility index (Phi) is 8.07. The normalized spacial score (nSPS) is 14.2. The average molecular weight is 214 g/mol. The fraction of sp³-hybridized carbons (Fsp3) is 1.00. The molecule has 2 nitrogen and oxygen atoms in total. The molecule has 0 bridgehead atoms. The lowest BCUT2D eigenvalue weighted by molar-refractivity contribution is 0.274. The summed E-state index contributed by atoms with van der Waals surface area (Å²) in [6.07, 6.45) is 1.19. The van der Waals surface area contributed by atoms with Crippen LogP contribution in [0.3, 0.4) is 0 Å². The molecule has 0 aromatic carbocycles. The monoisotopic (exact) mass is 214 g/mol. The van der Waals surface area contributed by atoms with Gasteiger partial charge in [0.15, 0.2) is 0 Å². The Hall–Kier alpha value is -0.0800. The van der Waals surface area contributed by atoms with Crippen molar-refractivity contribution in [1.29, 1.82) is 0 Å². The van der Waals surface area contributed by atoms with Crippen LogP contribution < -0.4 is 11.1 Å². The molecule has 0 amide bonds. The standard InChI is InChI=1S/C13H30N2/c1-10(2)13(11(3)4)9-15-7-6-12(5)8-14/h10-13,15H,6-9,14H2,1-5H3. The van der Waals surface area contributed by atoms with Gasteiger partial charge in [0.2, 0.25) is 0 Å². The highest BCUT2D eigenvalue weighted by Crippen LogP contribution is 2.19. The van der Waals surface area contributed by atoms with E-state index in [0.29, 0.717) is 5.92 Å². The van der Waals surface area contributed by atoms with Crippen molar-refractivity contribution in [3.63, 3.8) is 0 Å². The third-order valence-electron chi connectivity index (χ3n) is 3.31. The minimum Gasteiger partial charge on any atom is -0.330 e. The second-order valence-electron chi connectivity index (χ2n) is 5.49. The van der Waals surface area contributed by atoms with Gasteiger partial charge in [-0.05, 0) is 49.7 Å². The second kappa shape index (κ2) is 8.12. The van der Waals surface area contributed by atoms with Gasteiger partial charge in [-0.25, -0.2) is 0 Å².